The Morgan fingerprint density at radius 1 is 1.27 bits per heavy atom. The fourth-order valence-corrected chi connectivity index (χ4v) is 2.54. The SMILES string of the molecule is CCOCOc1c(Br)cc(CO)cc1Br. The molecular weight excluding hydrogens is 328 g/mol. The van der Waals surface area contributed by atoms with E-state index in [0.717, 1.165) is 14.5 Å². The van der Waals surface area contributed by atoms with Crippen LogP contribution < -0.4 is 4.74 Å². The minimum atomic E-state index is 0.00292. The van der Waals surface area contributed by atoms with E-state index in [1.54, 1.807) is 0 Å². The average molecular weight is 340 g/mol. The van der Waals surface area contributed by atoms with Gasteiger partial charge < -0.3 is 14.6 Å². The molecule has 0 aliphatic rings. The van der Waals surface area contributed by atoms with E-state index < -0.39 is 0 Å². The van der Waals surface area contributed by atoms with E-state index in [4.69, 9.17) is 14.6 Å². The van der Waals surface area contributed by atoms with Crippen molar-refractivity contribution in [3.8, 4) is 5.75 Å². The first kappa shape index (κ1) is 13.0. The maximum atomic E-state index is 8.98. The van der Waals surface area contributed by atoms with Gasteiger partial charge in [-0.3, -0.25) is 0 Å². The fraction of sp³-hybridized carbons (Fsp3) is 0.400. The van der Waals surface area contributed by atoms with Crippen molar-refractivity contribution in [2.75, 3.05) is 13.4 Å². The van der Waals surface area contributed by atoms with Crippen LogP contribution in [-0.4, -0.2) is 18.5 Å². The third kappa shape index (κ3) is 3.75. The number of hydrogen-bond donors (Lipinski definition) is 1. The van der Waals surface area contributed by atoms with Crippen LogP contribution in [0, 0.1) is 0 Å². The quantitative estimate of drug-likeness (QED) is 0.661. The second-order valence-corrected chi connectivity index (χ2v) is 4.51. The zero-order valence-corrected chi connectivity index (χ0v) is 11.5. The van der Waals surface area contributed by atoms with E-state index in [0.29, 0.717) is 12.4 Å². The number of halogens is 2. The number of ether oxygens (including phenoxy) is 2. The van der Waals surface area contributed by atoms with Crippen LogP contribution in [-0.2, 0) is 11.3 Å². The Morgan fingerprint density at radius 2 is 1.87 bits per heavy atom. The van der Waals surface area contributed by atoms with Crippen molar-refractivity contribution in [2.45, 2.75) is 13.5 Å². The molecular formula is C10H12Br2O3. The van der Waals surface area contributed by atoms with Crippen molar-refractivity contribution in [2.24, 2.45) is 0 Å². The molecule has 0 atom stereocenters. The van der Waals surface area contributed by atoms with Gasteiger partial charge in [0, 0.05) is 6.61 Å². The van der Waals surface area contributed by atoms with Crippen molar-refractivity contribution in [3.63, 3.8) is 0 Å². The molecule has 1 aromatic rings. The van der Waals surface area contributed by atoms with E-state index in [1.165, 1.54) is 0 Å². The van der Waals surface area contributed by atoms with Crippen molar-refractivity contribution in [1.82, 2.24) is 0 Å². The molecule has 1 rings (SSSR count). The first-order valence-electron chi connectivity index (χ1n) is 4.48. The molecule has 0 saturated heterocycles. The highest BCUT2D eigenvalue weighted by atomic mass is 79.9. The van der Waals surface area contributed by atoms with Crippen LogP contribution in [0.2, 0.25) is 0 Å². The highest BCUT2D eigenvalue weighted by Crippen LogP contribution is 2.34. The van der Waals surface area contributed by atoms with Gasteiger partial charge in [-0.2, -0.15) is 0 Å². The predicted molar refractivity (Wildman–Crippen MR) is 64.9 cm³/mol. The summed E-state index contributed by atoms with van der Waals surface area (Å²) in [6.07, 6.45) is 0. The van der Waals surface area contributed by atoms with Crippen molar-refractivity contribution >= 4 is 31.9 Å². The van der Waals surface area contributed by atoms with Crippen LogP contribution in [0.15, 0.2) is 21.1 Å². The minimum Gasteiger partial charge on any atom is -0.465 e. The molecule has 0 saturated carbocycles. The molecule has 0 bridgehead atoms. The molecule has 15 heavy (non-hydrogen) atoms. The van der Waals surface area contributed by atoms with Gasteiger partial charge in [0.1, 0.15) is 0 Å². The predicted octanol–water partition coefficient (Wildman–Crippen LogP) is 3.08. The van der Waals surface area contributed by atoms with Crippen molar-refractivity contribution in [1.29, 1.82) is 0 Å². The van der Waals surface area contributed by atoms with Crippen LogP contribution in [0.5, 0.6) is 5.75 Å². The van der Waals surface area contributed by atoms with Gasteiger partial charge in [-0.25, -0.2) is 0 Å². The van der Waals surface area contributed by atoms with Crippen LogP contribution in [0.4, 0.5) is 0 Å². The molecule has 0 amide bonds. The standard InChI is InChI=1S/C10H12Br2O3/c1-2-14-6-15-10-8(11)3-7(5-13)4-9(10)12/h3-4,13H,2,5-6H2,1H3. The van der Waals surface area contributed by atoms with Gasteiger partial charge in [0.25, 0.3) is 0 Å². The lowest BCUT2D eigenvalue weighted by Gasteiger charge is -2.11. The first-order chi connectivity index (χ1) is 7.19. The summed E-state index contributed by atoms with van der Waals surface area (Å²) >= 11 is 6.74. The van der Waals surface area contributed by atoms with Gasteiger partial charge in [0.05, 0.1) is 15.6 Å². The maximum Gasteiger partial charge on any atom is 0.189 e. The van der Waals surface area contributed by atoms with Gasteiger partial charge in [-0.15, -0.1) is 0 Å². The van der Waals surface area contributed by atoms with E-state index in [-0.39, 0.29) is 13.4 Å². The van der Waals surface area contributed by atoms with Crippen LogP contribution >= 0.6 is 31.9 Å². The molecule has 0 aromatic heterocycles. The summed E-state index contributed by atoms with van der Waals surface area (Å²) in [5, 5.41) is 8.98. The zero-order valence-electron chi connectivity index (χ0n) is 8.30. The molecule has 0 unspecified atom stereocenters. The Labute approximate surface area is 106 Å². The normalized spacial score (nSPS) is 10.4. The molecule has 0 aliphatic carbocycles. The highest BCUT2D eigenvalue weighted by molar-refractivity contribution is 9.11. The smallest absolute Gasteiger partial charge is 0.189 e. The number of benzene rings is 1. The molecule has 1 N–H and O–H groups in total. The highest BCUT2D eigenvalue weighted by Gasteiger charge is 2.08. The number of aliphatic hydroxyl groups is 1. The number of aliphatic hydroxyl groups excluding tert-OH is 1. The Kier molecular flexibility index (Phi) is 5.60. The molecule has 1 aromatic carbocycles. The van der Waals surface area contributed by atoms with Crippen LogP contribution in [0.25, 0.3) is 0 Å². The van der Waals surface area contributed by atoms with Gasteiger partial charge in [-0.05, 0) is 56.5 Å². The zero-order chi connectivity index (χ0) is 11.3. The third-order valence-corrected chi connectivity index (χ3v) is 2.91. The summed E-state index contributed by atoms with van der Waals surface area (Å²) in [6, 6.07) is 3.62. The fourth-order valence-electron chi connectivity index (χ4n) is 1.03. The number of rotatable bonds is 5. The van der Waals surface area contributed by atoms with Gasteiger partial charge in [0.2, 0.25) is 0 Å². The summed E-state index contributed by atoms with van der Waals surface area (Å²) < 4.78 is 12.1. The lowest BCUT2D eigenvalue weighted by Crippen LogP contribution is -2.03. The lowest BCUT2D eigenvalue weighted by molar-refractivity contribution is 0.0215. The summed E-state index contributed by atoms with van der Waals surface area (Å²) in [5.74, 6) is 0.681. The second-order valence-electron chi connectivity index (χ2n) is 2.80. The number of hydrogen-bond acceptors (Lipinski definition) is 3. The first-order valence-corrected chi connectivity index (χ1v) is 6.07. The van der Waals surface area contributed by atoms with Crippen molar-refractivity contribution in [3.05, 3.63) is 26.6 Å². The Balaban J connectivity index is 2.79. The van der Waals surface area contributed by atoms with Crippen LogP contribution in [0.1, 0.15) is 12.5 Å². The summed E-state index contributed by atoms with van der Waals surface area (Å²) in [7, 11) is 0. The average Bonchev–Trinajstić information content (AvgIpc) is 2.22. The second kappa shape index (κ2) is 6.48. The Hall–Kier alpha value is -0.100. The molecule has 0 spiro atoms. The molecule has 0 fully saturated rings. The maximum absolute atomic E-state index is 8.98. The topological polar surface area (TPSA) is 38.7 Å². The summed E-state index contributed by atoms with van der Waals surface area (Å²) in [4.78, 5) is 0. The van der Waals surface area contributed by atoms with Crippen LogP contribution in [0.3, 0.4) is 0 Å². The minimum absolute atomic E-state index is 0.00292. The van der Waals surface area contributed by atoms with Gasteiger partial charge >= 0.3 is 0 Å². The Morgan fingerprint density at radius 3 is 2.33 bits per heavy atom. The molecule has 5 heteroatoms. The molecule has 0 heterocycles. The monoisotopic (exact) mass is 338 g/mol. The molecule has 84 valence electrons. The molecule has 3 nitrogen and oxygen atoms in total. The summed E-state index contributed by atoms with van der Waals surface area (Å²) in [6.45, 7) is 2.74. The van der Waals surface area contributed by atoms with E-state index >= 15 is 0 Å². The largest absolute Gasteiger partial charge is 0.465 e. The van der Waals surface area contributed by atoms with Crippen molar-refractivity contribution < 1.29 is 14.6 Å². The molecule has 0 radical (unpaired) electrons. The van der Waals surface area contributed by atoms with Gasteiger partial charge in [-0.1, -0.05) is 0 Å². The Bertz CT molecular complexity index is 305. The molecule has 0 aliphatic heterocycles. The van der Waals surface area contributed by atoms with Gasteiger partial charge in [0.15, 0.2) is 12.5 Å². The lowest BCUT2D eigenvalue weighted by atomic mass is 10.2. The van der Waals surface area contributed by atoms with E-state index in [9.17, 15) is 0 Å². The third-order valence-electron chi connectivity index (χ3n) is 1.73. The summed E-state index contributed by atoms with van der Waals surface area (Å²) in [5.41, 5.74) is 0.817. The van der Waals surface area contributed by atoms with E-state index in [1.807, 2.05) is 19.1 Å². The van der Waals surface area contributed by atoms with E-state index in [2.05, 4.69) is 31.9 Å².